The van der Waals surface area contributed by atoms with Crippen molar-refractivity contribution in [2.24, 2.45) is 14.1 Å². The molecule has 1 aliphatic rings. The largest absolute Gasteiger partial charge is 0.490 e. The van der Waals surface area contributed by atoms with Gasteiger partial charge in [-0.1, -0.05) is 6.07 Å². The average molecular weight is 424 g/mol. The van der Waals surface area contributed by atoms with Crippen molar-refractivity contribution in [3.63, 3.8) is 0 Å². The molecule has 0 atom stereocenters. The van der Waals surface area contributed by atoms with Crippen LogP contribution in [0.15, 0.2) is 47.5 Å². The molecule has 4 rings (SSSR count). The number of piperazine rings is 1. The molecule has 0 aliphatic carbocycles. The van der Waals surface area contributed by atoms with E-state index in [4.69, 9.17) is 4.74 Å². The number of hydrogen-bond donors (Lipinski definition) is 0. The molecule has 0 amide bonds. The summed E-state index contributed by atoms with van der Waals surface area (Å²) in [4.78, 5) is 27.5. The summed E-state index contributed by atoms with van der Waals surface area (Å²) in [7, 11) is 5.01. The number of benzene rings is 1. The van der Waals surface area contributed by atoms with Gasteiger partial charge in [-0.05, 0) is 6.07 Å². The van der Waals surface area contributed by atoms with Crippen molar-refractivity contribution in [3.05, 3.63) is 63.2 Å². The predicted octanol–water partition coefficient (Wildman–Crippen LogP) is 2.03. The van der Waals surface area contributed by atoms with Crippen LogP contribution in [-0.4, -0.2) is 52.6 Å². The second-order valence-corrected chi connectivity index (χ2v) is 7.46. The molecule has 0 radical (unpaired) electrons. The number of nitrogens with zero attached hydrogens (tertiary/aromatic N) is 6. The summed E-state index contributed by atoms with van der Waals surface area (Å²) in [5, 5.41) is 15.8. The van der Waals surface area contributed by atoms with E-state index in [2.05, 4.69) is 14.9 Å². The Hall–Kier alpha value is -3.82. The number of ether oxygens (including phenoxy) is 1. The lowest BCUT2D eigenvalue weighted by Crippen LogP contribution is -2.48. The lowest BCUT2D eigenvalue weighted by molar-refractivity contribution is -0.385. The van der Waals surface area contributed by atoms with E-state index in [1.807, 2.05) is 19.3 Å². The van der Waals surface area contributed by atoms with Gasteiger partial charge >= 0.3 is 5.69 Å². The number of rotatable bonds is 5. The average Bonchev–Trinajstić information content (AvgIpc) is 3.21. The molecule has 1 aromatic carbocycles. The van der Waals surface area contributed by atoms with Crippen molar-refractivity contribution in [3.8, 4) is 16.9 Å². The standard InChI is InChI=1S/C21H24N6O4/c1-23-14-15(13-22-23)16-11-18(27(29)30)19(31-3)12-17(16)25-7-9-26(10-8-25)20-5-4-6-21(28)24(20)2/h4-6,11-14H,7-10H2,1-3H3. The summed E-state index contributed by atoms with van der Waals surface area (Å²) in [6.07, 6.45) is 3.54. The molecule has 0 bridgehead atoms. The van der Waals surface area contributed by atoms with E-state index < -0.39 is 4.92 Å². The van der Waals surface area contributed by atoms with Crippen LogP contribution < -0.4 is 20.1 Å². The quantitative estimate of drug-likeness (QED) is 0.456. The van der Waals surface area contributed by atoms with E-state index in [-0.39, 0.29) is 17.0 Å². The van der Waals surface area contributed by atoms with Crippen LogP contribution >= 0.6 is 0 Å². The highest BCUT2D eigenvalue weighted by molar-refractivity contribution is 5.82. The predicted molar refractivity (Wildman–Crippen MR) is 118 cm³/mol. The van der Waals surface area contributed by atoms with Gasteiger partial charge in [0.05, 0.1) is 18.2 Å². The first-order valence-corrected chi connectivity index (χ1v) is 9.90. The van der Waals surface area contributed by atoms with Gasteiger partial charge in [-0.15, -0.1) is 0 Å². The normalized spacial score (nSPS) is 14.0. The Morgan fingerprint density at radius 1 is 1.10 bits per heavy atom. The van der Waals surface area contributed by atoms with Gasteiger partial charge in [0.25, 0.3) is 5.56 Å². The van der Waals surface area contributed by atoms with Crippen LogP contribution in [0.25, 0.3) is 11.1 Å². The van der Waals surface area contributed by atoms with Gasteiger partial charge in [0.2, 0.25) is 0 Å². The van der Waals surface area contributed by atoms with E-state index in [0.29, 0.717) is 26.2 Å². The molecule has 0 N–H and O–H groups in total. The molecule has 0 spiro atoms. The second kappa shape index (κ2) is 8.13. The van der Waals surface area contributed by atoms with Crippen molar-refractivity contribution < 1.29 is 9.66 Å². The third kappa shape index (κ3) is 3.83. The maximum absolute atomic E-state index is 12.0. The van der Waals surface area contributed by atoms with Gasteiger partial charge in [-0.3, -0.25) is 24.2 Å². The Bertz CT molecular complexity index is 1180. The number of aromatic nitrogens is 3. The molecule has 0 saturated carbocycles. The Labute approximate surface area is 179 Å². The molecular formula is C21H24N6O4. The van der Waals surface area contributed by atoms with Gasteiger partial charge in [-0.2, -0.15) is 5.10 Å². The van der Waals surface area contributed by atoms with Gasteiger partial charge in [-0.25, -0.2) is 0 Å². The van der Waals surface area contributed by atoms with Crippen LogP contribution in [0.4, 0.5) is 17.2 Å². The van der Waals surface area contributed by atoms with E-state index in [0.717, 1.165) is 22.6 Å². The number of pyridine rings is 1. The molecule has 31 heavy (non-hydrogen) atoms. The highest BCUT2D eigenvalue weighted by Crippen LogP contribution is 2.40. The van der Waals surface area contributed by atoms with Crippen LogP contribution in [0.3, 0.4) is 0 Å². The van der Waals surface area contributed by atoms with E-state index >= 15 is 0 Å². The fraction of sp³-hybridized carbons (Fsp3) is 0.333. The van der Waals surface area contributed by atoms with E-state index in [9.17, 15) is 14.9 Å². The van der Waals surface area contributed by atoms with Gasteiger partial charge in [0, 0.05) is 81.5 Å². The lowest BCUT2D eigenvalue weighted by atomic mass is 10.0. The number of nitro groups is 1. The van der Waals surface area contributed by atoms with Gasteiger partial charge in [0.15, 0.2) is 5.75 Å². The van der Waals surface area contributed by atoms with Crippen LogP contribution in [0, 0.1) is 10.1 Å². The molecule has 10 heteroatoms. The van der Waals surface area contributed by atoms with Gasteiger partial charge in [0.1, 0.15) is 5.82 Å². The Morgan fingerprint density at radius 2 is 1.81 bits per heavy atom. The molecule has 1 saturated heterocycles. The first-order chi connectivity index (χ1) is 14.9. The molecular weight excluding hydrogens is 400 g/mol. The number of aryl methyl sites for hydroxylation is 1. The second-order valence-electron chi connectivity index (χ2n) is 7.46. The molecule has 1 fully saturated rings. The molecule has 3 aromatic rings. The minimum Gasteiger partial charge on any atom is -0.490 e. The fourth-order valence-electron chi connectivity index (χ4n) is 3.96. The molecule has 0 unspecified atom stereocenters. The van der Waals surface area contributed by atoms with E-state index in [1.54, 1.807) is 46.8 Å². The van der Waals surface area contributed by atoms with E-state index in [1.165, 1.54) is 7.11 Å². The number of anilines is 2. The zero-order valence-electron chi connectivity index (χ0n) is 17.7. The smallest absolute Gasteiger partial charge is 0.311 e. The third-order valence-electron chi connectivity index (χ3n) is 5.61. The van der Waals surface area contributed by atoms with Crippen LogP contribution in [0.5, 0.6) is 5.75 Å². The van der Waals surface area contributed by atoms with Crippen molar-refractivity contribution >= 4 is 17.2 Å². The summed E-state index contributed by atoms with van der Waals surface area (Å²) in [5.41, 5.74) is 2.27. The van der Waals surface area contributed by atoms with Crippen LogP contribution in [0.2, 0.25) is 0 Å². The summed E-state index contributed by atoms with van der Waals surface area (Å²) in [5.74, 6) is 1.10. The van der Waals surface area contributed by atoms with Crippen LogP contribution in [0.1, 0.15) is 0 Å². The topological polar surface area (TPSA) is 98.7 Å². The Morgan fingerprint density at radius 3 is 2.42 bits per heavy atom. The molecule has 1 aliphatic heterocycles. The highest BCUT2D eigenvalue weighted by atomic mass is 16.6. The summed E-state index contributed by atoms with van der Waals surface area (Å²) in [6, 6.07) is 8.54. The van der Waals surface area contributed by atoms with Crippen molar-refractivity contribution in [2.75, 3.05) is 43.1 Å². The lowest BCUT2D eigenvalue weighted by Gasteiger charge is -2.38. The summed E-state index contributed by atoms with van der Waals surface area (Å²) < 4.78 is 8.63. The first kappa shape index (κ1) is 20.5. The zero-order chi connectivity index (χ0) is 22.1. The monoisotopic (exact) mass is 424 g/mol. The maximum atomic E-state index is 12.0. The SMILES string of the molecule is COc1cc(N2CCN(c3cccc(=O)n3C)CC2)c(-c2cnn(C)c2)cc1[N+](=O)[O-]. The number of methoxy groups -OCH3 is 1. The molecule has 2 aromatic heterocycles. The van der Waals surface area contributed by atoms with Gasteiger partial charge < -0.3 is 14.5 Å². The van der Waals surface area contributed by atoms with Crippen molar-refractivity contribution in [1.82, 2.24) is 14.3 Å². The van der Waals surface area contributed by atoms with Crippen LogP contribution in [-0.2, 0) is 14.1 Å². The zero-order valence-corrected chi connectivity index (χ0v) is 17.7. The number of nitro benzene ring substituents is 1. The molecule has 3 heterocycles. The summed E-state index contributed by atoms with van der Waals surface area (Å²) >= 11 is 0. The van der Waals surface area contributed by atoms with Crippen molar-refractivity contribution in [1.29, 1.82) is 0 Å². The fourth-order valence-corrected chi connectivity index (χ4v) is 3.96. The first-order valence-electron chi connectivity index (χ1n) is 9.90. The van der Waals surface area contributed by atoms with Crippen molar-refractivity contribution in [2.45, 2.75) is 0 Å². The highest BCUT2D eigenvalue weighted by Gasteiger charge is 2.26. The molecule has 162 valence electrons. The minimum atomic E-state index is -0.434. The molecule has 10 nitrogen and oxygen atoms in total. The summed E-state index contributed by atoms with van der Waals surface area (Å²) in [6.45, 7) is 2.81. The minimum absolute atomic E-state index is 0.0427. The third-order valence-corrected chi connectivity index (χ3v) is 5.61. The maximum Gasteiger partial charge on any atom is 0.311 e. The number of hydrogen-bond acceptors (Lipinski definition) is 7. The Balaban J connectivity index is 1.68. The Kier molecular flexibility index (Phi) is 5.37.